The van der Waals surface area contributed by atoms with E-state index in [1.807, 2.05) is 32.0 Å². The van der Waals surface area contributed by atoms with E-state index in [4.69, 9.17) is 0 Å². The molecule has 2 N–H and O–H groups in total. The van der Waals surface area contributed by atoms with Gasteiger partial charge in [0.05, 0.1) is 0 Å². The number of carbonyl (C=O) groups excluding carboxylic acids is 2. The summed E-state index contributed by atoms with van der Waals surface area (Å²) < 4.78 is 0. The molecular formula is C19H26N2O2. The first kappa shape index (κ1) is 17.3. The van der Waals surface area contributed by atoms with Gasteiger partial charge in [-0.15, -0.1) is 0 Å². The van der Waals surface area contributed by atoms with Gasteiger partial charge in [-0.3, -0.25) is 9.59 Å². The van der Waals surface area contributed by atoms with Gasteiger partial charge in [0.2, 0.25) is 11.8 Å². The molecule has 1 aliphatic carbocycles. The Labute approximate surface area is 138 Å². The van der Waals surface area contributed by atoms with Crippen LogP contribution in [0, 0.1) is 13.8 Å². The van der Waals surface area contributed by atoms with Gasteiger partial charge in [0.25, 0.3) is 0 Å². The highest BCUT2D eigenvalue weighted by Crippen LogP contribution is 2.19. The molecular weight excluding hydrogens is 288 g/mol. The van der Waals surface area contributed by atoms with E-state index in [0.717, 1.165) is 36.1 Å². The van der Waals surface area contributed by atoms with E-state index in [2.05, 4.69) is 16.7 Å². The molecule has 124 valence electrons. The highest BCUT2D eigenvalue weighted by molar-refractivity contribution is 6.03. The first-order chi connectivity index (χ1) is 11.0. The largest absolute Gasteiger partial charge is 0.355 e. The van der Waals surface area contributed by atoms with Crippen molar-refractivity contribution >= 4 is 17.5 Å². The molecule has 2 rings (SSSR count). The molecule has 0 heterocycles. The van der Waals surface area contributed by atoms with E-state index in [1.54, 1.807) is 0 Å². The molecule has 4 nitrogen and oxygen atoms in total. The van der Waals surface area contributed by atoms with Crippen LogP contribution in [0.4, 0.5) is 5.69 Å². The number of allylic oxidation sites excluding steroid dienone is 1. The summed E-state index contributed by atoms with van der Waals surface area (Å²) in [4.78, 5) is 23.8. The van der Waals surface area contributed by atoms with Crippen molar-refractivity contribution in [3.05, 3.63) is 41.0 Å². The van der Waals surface area contributed by atoms with Gasteiger partial charge in [-0.05, 0) is 69.2 Å². The van der Waals surface area contributed by atoms with Gasteiger partial charge in [-0.25, -0.2) is 0 Å². The molecule has 0 aliphatic heterocycles. The van der Waals surface area contributed by atoms with Gasteiger partial charge in [0.15, 0.2) is 0 Å². The quantitative estimate of drug-likeness (QED) is 0.622. The lowest BCUT2D eigenvalue weighted by Crippen LogP contribution is -2.29. The zero-order valence-electron chi connectivity index (χ0n) is 14.1. The molecule has 0 bridgehead atoms. The molecule has 0 unspecified atom stereocenters. The SMILES string of the molecule is Cc1cc(C)cc(NC(=O)CC(=O)NCCC2=CCCCC2)c1. The minimum Gasteiger partial charge on any atom is -0.355 e. The van der Waals surface area contributed by atoms with Gasteiger partial charge < -0.3 is 10.6 Å². The molecule has 4 heteroatoms. The van der Waals surface area contributed by atoms with Crippen molar-refractivity contribution in [2.24, 2.45) is 0 Å². The van der Waals surface area contributed by atoms with Crippen LogP contribution in [0.25, 0.3) is 0 Å². The zero-order chi connectivity index (χ0) is 16.7. The third kappa shape index (κ3) is 6.27. The minimum atomic E-state index is -0.274. The van der Waals surface area contributed by atoms with Crippen LogP contribution in [0.3, 0.4) is 0 Å². The van der Waals surface area contributed by atoms with Crippen molar-refractivity contribution in [1.29, 1.82) is 0 Å². The number of hydrogen-bond acceptors (Lipinski definition) is 2. The summed E-state index contributed by atoms with van der Waals surface area (Å²) in [6.45, 7) is 4.58. The van der Waals surface area contributed by atoms with Crippen molar-refractivity contribution < 1.29 is 9.59 Å². The van der Waals surface area contributed by atoms with Crippen LogP contribution < -0.4 is 10.6 Å². The minimum absolute atomic E-state index is 0.133. The molecule has 0 saturated carbocycles. The Morgan fingerprint density at radius 2 is 1.78 bits per heavy atom. The third-order valence-corrected chi connectivity index (χ3v) is 3.98. The van der Waals surface area contributed by atoms with E-state index >= 15 is 0 Å². The van der Waals surface area contributed by atoms with E-state index in [9.17, 15) is 9.59 Å². The predicted molar refractivity (Wildman–Crippen MR) is 93.3 cm³/mol. The fourth-order valence-corrected chi connectivity index (χ4v) is 2.95. The first-order valence-electron chi connectivity index (χ1n) is 8.35. The Bertz CT molecular complexity index is 585. The predicted octanol–water partition coefficient (Wildman–Crippen LogP) is 3.64. The van der Waals surface area contributed by atoms with Crippen molar-refractivity contribution in [2.45, 2.75) is 52.4 Å². The number of nitrogens with one attached hydrogen (secondary N) is 2. The average molecular weight is 314 g/mol. The molecule has 23 heavy (non-hydrogen) atoms. The van der Waals surface area contributed by atoms with Crippen molar-refractivity contribution in [1.82, 2.24) is 5.32 Å². The number of benzene rings is 1. The highest BCUT2D eigenvalue weighted by Gasteiger charge is 2.10. The van der Waals surface area contributed by atoms with E-state index in [0.29, 0.717) is 6.54 Å². The lowest BCUT2D eigenvalue weighted by molar-refractivity contribution is -0.126. The number of hydrogen-bond donors (Lipinski definition) is 2. The summed E-state index contributed by atoms with van der Waals surface area (Å²) in [5.74, 6) is -0.493. The Morgan fingerprint density at radius 1 is 1.04 bits per heavy atom. The summed E-state index contributed by atoms with van der Waals surface area (Å²) in [5, 5.41) is 5.61. The van der Waals surface area contributed by atoms with E-state index in [1.165, 1.54) is 18.4 Å². The molecule has 0 spiro atoms. The van der Waals surface area contributed by atoms with Gasteiger partial charge in [-0.1, -0.05) is 17.7 Å². The summed E-state index contributed by atoms with van der Waals surface area (Å²) in [7, 11) is 0. The standard InChI is InChI=1S/C19H26N2O2/c1-14-10-15(2)12-17(11-14)21-19(23)13-18(22)20-9-8-16-6-4-3-5-7-16/h6,10-12H,3-5,7-9,13H2,1-2H3,(H,20,22)(H,21,23). The van der Waals surface area contributed by atoms with Gasteiger partial charge >= 0.3 is 0 Å². The van der Waals surface area contributed by atoms with Gasteiger partial charge in [0, 0.05) is 12.2 Å². The maximum Gasteiger partial charge on any atom is 0.233 e. The maximum absolute atomic E-state index is 11.9. The van der Waals surface area contributed by atoms with Crippen LogP contribution in [0.15, 0.2) is 29.8 Å². The third-order valence-electron chi connectivity index (χ3n) is 3.98. The Balaban J connectivity index is 1.71. The Hall–Kier alpha value is -2.10. The molecule has 0 radical (unpaired) electrons. The van der Waals surface area contributed by atoms with Crippen LogP contribution in [0.5, 0.6) is 0 Å². The first-order valence-corrected chi connectivity index (χ1v) is 8.35. The molecule has 1 aliphatic rings. The summed E-state index contributed by atoms with van der Waals surface area (Å²) in [6, 6.07) is 5.85. The Morgan fingerprint density at radius 3 is 2.43 bits per heavy atom. The monoisotopic (exact) mass is 314 g/mol. The topological polar surface area (TPSA) is 58.2 Å². The molecule has 0 aromatic heterocycles. The van der Waals surface area contributed by atoms with E-state index in [-0.39, 0.29) is 18.2 Å². The lowest BCUT2D eigenvalue weighted by atomic mass is 9.97. The van der Waals surface area contributed by atoms with Crippen LogP contribution in [-0.4, -0.2) is 18.4 Å². The smallest absolute Gasteiger partial charge is 0.233 e. The van der Waals surface area contributed by atoms with Crippen LogP contribution in [-0.2, 0) is 9.59 Å². The van der Waals surface area contributed by atoms with Crippen molar-refractivity contribution in [3.63, 3.8) is 0 Å². The lowest BCUT2D eigenvalue weighted by Gasteiger charge is -2.13. The second-order valence-electron chi connectivity index (χ2n) is 6.31. The van der Waals surface area contributed by atoms with Crippen LogP contribution in [0.1, 0.15) is 49.7 Å². The average Bonchev–Trinajstić information content (AvgIpc) is 2.47. The fourth-order valence-electron chi connectivity index (χ4n) is 2.95. The number of anilines is 1. The highest BCUT2D eigenvalue weighted by atomic mass is 16.2. The molecule has 1 aromatic carbocycles. The number of rotatable bonds is 6. The molecule has 0 saturated heterocycles. The van der Waals surface area contributed by atoms with Crippen LogP contribution in [0.2, 0.25) is 0 Å². The Kier molecular flexibility index (Phi) is 6.39. The van der Waals surface area contributed by atoms with Crippen LogP contribution >= 0.6 is 0 Å². The summed E-state index contributed by atoms with van der Waals surface area (Å²) >= 11 is 0. The second kappa shape index (κ2) is 8.51. The number of carbonyl (C=O) groups is 2. The molecule has 0 atom stereocenters. The fraction of sp³-hybridized carbons (Fsp3) is 0.474. The second-order valence-corrected chi connectivity index (χ2v) is 6.31. The zero-order valence-corrected chi connectivity index (χ0v) is 14.1. The maximum atomic E-state index is 11.9. The number of aryl methyl sites for hydroxylation is 2. The van der Waals surface area contributed by atoms with Gasteiger partial charge in [0.1, 0.15) is 6.42 Å². The van der Waals surface area contributed by atoms with Crippen molar-refractivity contribution in [3.8, 4) is 0 Å². The van der Waals surface area contributed by atoms with Gasteiger partial charge in [-0.2, -0.15) is 0 Å². The molecule has 0 fully saturated rings. The molecule has 1 aromatic rings. The normalized spacial score (nSPS) is 14.1. The summed E-state index contributed by atoms with van der Waals surface area (Å²) in [5.41, 5.74) is 4.35. The molecule has 2 amide bonds. The summed E-state index contributed by atoms with van der Waals surface area (Å²) in [6.07, 6.45) is 7.86. The van der Waals surface area contributed by atoms with E-state index < -0.39 is 0 Å². The number of amides is 2. The van der Waals surface area contributed by atoms with Crippen molar-refractivity contribution in [2.75, 3.05) is 11.9 Å².